The van der Waals surface area contributed by atoms with Crippen LogP contribution in [0.3, 0.4) is 0 Å². The predicted molar refractivity (Wildman–Crippen MR) is 116 cm³/mol. The third-order valence-corrected chi connectivity index (χ3v) is 6.38. The third-order valence-electron chi connectivity index (χ3n) is 6.38. The van der Waals surface area contributed by atoms with Crippen LogP contribution < -0.4 is 24.4 Å². The minimum absolute atomic E-state index is 0.0374. The molecule has 0 saturated carbocycles. The Balaban J connectivity index is 1.31. The number of rotatable bonds is 4. The summed E-state index contributed by atoms with van der Waals surface area (Å²) in [4.78, 5) is 28.1. The van der Waals surface area contributed by atoms with Gasteiger partial charge in [-0.2, -0.15) is 0 Å². The molecule has 3 aliphatic rings. The van der Waals surface area contributed by atoms with Gasteiger partial charge in [-0.25, -0.2) is 4.39 Å². The molecule has 3 heterocycles. The van der Waals surface area contributed by atoms with Gasteiger partial charge in [0.2, 0.25) is 18.6 Å². The molecule has 3 aromatic rings. The molecule has 3 aliphatic heterocycles. The molecular formula is C25H19FN2O5. The molecular weight excluding hydrogens is 427 g/mol. The highest BCUT2D eigenvalue weighted by atomic mass is 19.1. The number of fused-ring (bicyclic) bond motifs is 5. The molecule has 33 heavy (non-hydrogen) atoms. The van der Waals surface area contributed by atoms with Crippen molar-refractivity contribution in [3.63, 3.8) is 0 Å². The first-order valence-electron chi connectivity index (χ1n) is 10.6. The number of ether oxygens (including phenoxy) is 3. The maximum Gasteiger partial charge on any atom is 0.246 e. The van der Waals surface area contributed by atoms with Crippen molar-refractivity contribution in [1.82, 2.24) is 5.32 Å². The Labute approximate surface area is 188 Å². The van der Waals surface area contributed by atoms with Crippen molar-refractivity contribution < 1.29 is 28.2 Å². The lowest BCUT2D eigenvalue weighted by atomic mass is 9.77. The summed E-state index contributed by atoms with van der Waals surface area (Å²) < 4.78 is 30.8. The minimum Gasteiger partial charge on any atom is -0.491 e. The number of carbonyl (C=O) groups is 2. The zero-order valence-corrected chi connectivity index (χ0v) is 17.5. The maximum atomic E-state index is 13.9. The number of carbonyl (C=O) groups excluding carboxylic acids is 2. The molecule has 1 spiro atoms. The standard InChI is InChI=1S/C25H19FN2O5/c26-18-7-3-1-5-15(18)11-27-23(29)12-28-19-8-4-2-6-16(19)25(24(28)30)13-31-20-10-22-21(9-17(20)25)32-14-33-22/h1-10H,11-14H2,(H,27,29). The first-order chi connectivity index (χ1) is 16.1. The van der Waals surface area contributed by atoms with Crippen LogP contribution in [0, 0.1) is 5.82 Å². The highest BCUT2D eigenvalue weighted by Crippen LogP contribution is 2.54. The van der Waals surface area contributed by atoms with Crippen LogP contribution in [0.25, 0.3) is 0 Å². The smallest absolute Gasteiger partial charge is 0.246 e. The van der Waals surface area contributed by atoms with E-state index in [4.69, 9.17) is 14.2 Å². The number of hydrogen-bond acceptors (Lipinski definition) is 5. The van der Waals surface area contributed by atoms with E-state index in [2.05, 4.69) is 5.32 Å². The summed E-state index contributed by atoms with van der Waals surface area (Å²) in [5.41, 5.74) is 1.42. The molecule has 2 amide bonds. The zero-order chi connectivity index (χ0) is 22.6. The maximum absolute atomic E-state index is 13.9. The molecule has 0 fully saturated rings. The second-order valence-electron chi connectivity index (χ2n) is 8.17. The third kappa shape index (κ3) is 2.87. The molecule has 0 aliphatic carbocycles. The van der Waals surface area contributed by atoms with Gasteiger partial charge >= 0.3 is 0 Å². The summed E-state index contributed by atoms with van der Waals surface area (Å²) >= 11 is 0. The van der Waals surface area contributed by atoms with Crippen LogP contribution in [0.2, 0.25) is 0 Å². The Kier molecular flexibility index (Phi) is 4.29. The number of nitrogens with one attached hydrogen (secondary N) is 1. The fourth-order valence-electron chi connectivity index (χ4n) is 4.76. The first-order valence-corrected chi connectivity index (χ1v) is 10.6. The van der Waals surface area contributed by atoms with E-state index in [1.54, 1.807) is 30.3 Å². The molecule has 0 bridgehead atoms. The fraction of sp³-hybridized carbons (Fsp3) is 0.200. The van der Waals surface area contributed by atoms with Gasteiger partial charge in [0.15, 0.2) is 11.5 Å². The summed E-state index contributed by atoms with van der Waals surface area (Å²) in [5, 5.41) is 2.71. The second-order valence-corrected chi connectivity index (χ2v) is 8.17. The molecule has 6 rings (SSSR count). The summed E-state index contributed by atoms with van der Waals surface area (Å²) in [6.07, 6.45) is 0. The topological polar surface area (TPSA) is 77.1 Å². The quantitative estimate of drug-likeness (QED) is 0.667. The number of hydrogen-bond donors (Lipinski definition) is 1. The van der Waals surface area contributed by atoms with Gasteiger partial charge in [-0.05, 0) is 23.8 Å². The number of nitrogens with zero attached hydrogens (tertiary/aromatic N) is 1. The molecule has 1 N–H and O–H groups in total. The van der Waals surface area contributed by atoms with Crippen molar-refractivity contribution in [3.8, 4) is 17.2 Å². The number of anilines is 1. The van der Waals surface area contributed by atoms with Gasteiger partial charge in [-0.15, -0.1) is 0 Å². The lowest BCUT2D eigenvalue weighted by Gasteiger charge is -2.23. The van der Waals surface area contributed by atoms with E-state index in [0.717, 1.165) is 5.56 Å². The number of amides is 2. The monoisotopic (exact) mass is 446 g/mol. The van der Waals surface area contributed by atoms with E-state index < -0.39 is 11.2 Å². The molecule has 166 valence electrons. The van der Waals surface area contributed by atoms with Gasteiger partial charge in [-0.3, -0.25) is 9.59 Å². The molecule has 8 heteroatoms. The Morgan fingerprint density at radius 1 is 0.970 bits per heavy atom. The fourth-order valence-corrected chi connectivity index (χ4v) is 4.76. The normalized spacial score (nSPS) is 19.4. The summed E-state index contributed by atoms with van der Waals surface area (Å²) in [6, 6.07) is 17.2. The molecule has 0 radical (unpaired) electrons. The van der Waals surface area contributed by atoms with Crippen LogP contribution in [0.4, 0.5) is 10.1 Å². The van der Waals surface area contributed by atoms with Crippen LogP contribution in [0.5, 0.6) is 17.2 Å². The summed E-state index contributed by atoms with van der Waals surface area (Å²) in [7, 11) is 0. The predicted octanol–water partition coefficient (Wildman–Crippen LogP) is 2.90. The average molecular weight is 446 g/mol. The van der Waals surface area contributed by atoms with Gasteiger partial charge in [0, 0.05) is 29.4 Å². The van der Waals surface area contributed by atoms with Gasteiger partial charge in [-0.1, -0.05) is 36.4 Å². The number of benzene rings is 3. The Bertz CT molecular complexity index is 1310. The van der Waals surface area contributed by atoms with E-state index in [-0.39, 0.29) is 38.3 Å². The Morgan fingerprint density at radius 3 is 2.58 bits per heavy atom. The molecule has 7 nitrogen and oxygen atoms in total. The SMILES string of the molecule is O=C(CN1C(=O)C2(COc3cc4c(cc32)OCO4)c2ccccc21)NCc1ccccc1F. The number of halogens is 1. The van der Waals surface area contributed by atoms with Crippen LogP contribution in [0.15, 0.2) is 60.7 Å². The van der Waals surface area contributed by atoms with Crippen LogP contribution in [-0.4, -0.2) is 31.8 Å². The van der Waals surface area contributed by atoms with E-state index >= 15 is 0 Å². The largest absolute Gasteiger partial charge is 0.491 e. The van der Waals surface area contributed by atoms with Crippen molar-refractivity contribution >= 4 is 17.5 Å². The summed E-state index contributed by atoms with van der Waals surface area (Å²) in [5.74, 6) is 0.676. The first kappa shape index (κ1) is 19.6. The van der Waals surface area contributed by atoms with E-state index in [9.17, 15) is 14.0 Å². The molecule has 3 aromatic carbocycles. The highest BCUT2D eigenvalue weighted by molar-refractivity contribution is 6.13. The molecule has 1 atom stereocenters. The van der Waals surface area contributed by atoms with Crippen LogP contribution in [0.1, 0.15) is 16.7 Å². The van der Waals surface area contributed by atoms with Crippen molar-refractivity contribution in [2.75, 3.05) is 24.8 Å². The van der Waals surface area contributed by atoms with Crippen molar-refractivity contribution in [2.45, 2.75) is 12.0 Å². The van der Waals surface area contributed by atoms with Gasteiger partial charge in [0.05, 0.1) is 0 Å². The highest BCUT2D eigenvalue weighted by Gasteiger charge is 2.57. The van der Waals surface area contributed by atoms with Crippen LogP contribution >= 0.6 is 0 Å². The zero-order valence-electron chi connectivity index (χ0n) is 17.5. The van der Waals surface area contributed by atoms with E-state index in [1.807, 2.05) is 24.3 Å². The van der Waals surface area contributed by atoms with Gasteiger partial charge in [0.1, 0.15) is 30.1 Å². The number of para-hydroxylation sites is 1. The van der Waals surface area contributed by atoms with E-state index in [1.165, 1.54) is 11.0 Å². The minimum atomic E-state index is -1.07. The van der Waals surface area contributed by atoms with Crippen LogP contribution in [-0.2, 0) is 21.5 Å². The van der Waals surface area contributed by atoms with Gasteiger partial charge in [0.25, 0.3) is 0 Å². The Morgan fingerprint density at radius 2 is 1.73 bits per heavy atom. The van der Waals surface area contributed by atoms with Crippen molar-refractivity contribution in [3.05, 3.63) is 83.2 Å². The molecule has 0 saturated heterocycles. The van der Waals surface area contributed by atoms with Crippen molar-refractivity contribution in [1.29, 1.82) is 0 Å². The average Bonchev–Trinajstić information content (AvgIpc) is 3.50. The summed E-state index contributed by atoms with van der Waals surface area (Å²) in [6.45, 7) is 0.0835. The Hall–Kier alpha value is -4.07. The van der Waals surface area contributed by atoms with Gasteiger partial charge < -0.3 is 24.4 Å². The van der Waals surface area contributed by atoms with Crippen molar-refractivity contribution in [2.24, 2.45) is 0 Å². The molecule has 1 unspecified atom stereocenters. The second kappa shape index (κ2) is 7.23. The van der Waals surface area contributed by atoms with E-state index in [0.29, 0.717) is 34.1 Å². The molecule has 0 aromatic heterocycles. The lowest BCUT2D eigenvalue weighted by molar-refractivity contribution is -0.125. The lowest BCUT2D eigenvalue weighted by Crippen LogP contribution is -2.46.